The van der Waals surface area contributed by atoms with Crippen LogP contribution in [0.4, 0.5) is 8.78 Å². The predicted molar refractivity (Wildman–Crippen MR) is 129 cm³/mol. The number of H-pyrrole nitrogens is 1. The van der Waals surface area contributed by atoms with Crippen LogP contribution in [0.25, 0.3) is 10.8 Å². The minimum absolute atomic E-state index is 0.117. The minimum atomic E-state index is -0.684. The van der Waals surface area contributed by atoms with Crippen LogP contribution >= 0.6 is 0 Å². The summed E-state index contributed by atoms with van der Waals surface area (Å²) in [6, 6.07) is 12.0. The van der Waals surface area contributed by atoms with Gasteiger partial charge in [0.05, 0.1) is 34.9 Å². The van der Waals surface area contributed by atoms with E-state index in [1.54, 1.807) is 31.2 Å². The Morgan fingerprint density at radius 1 is 1.17 bits per heavy atom. The lowest BCUT2D eigenvalue weighted by atomic mass is 9.77. The third-order valence-corrected chi connectivity index (χ3v) is 6.94. The average Bonchev–Trinajstić information content (AvgIpc) is 3.19. The van der Waals surface area contributed by atoms with Gasteiger partial charge in [-0.25, -0.2) is 8.78 Å². The van der Waals surface area contributed by atoms with Crippen molar-refractivity contribution in [1.29, 1.82) is 0 Å². The van der Waals surface area contributed by atoms with Gasteiger partial charge in [-0.3, -0.25) is 14.7 Å². The van der Waals surface area contributed by atoms with Gasteiger partial charge in [0.1, 0.15) is 11.6 Å². The summed E-state index contributed by atoms with van der Waals surface area (Å²) in [4.78, 5) is 27.1. The Morgan fingerprint density at radius 3 is 2.60 bits per heavy atom. The van der Waals surface area contributed by atoms with E-state index in [0.717, 1.165) is 25.0 Å². The van der Waals surface area contributed by atoms with Gasteiger partial charge in [-0.2, -0.15) is 5.10 Å². The number of hydrogen-bond acceptors (Lipinski definition) is 3. The molecule has 2 aromatic heterocycles. The van der Waals surface area contributed by atoms with Crippen LogP contribution in [0.15, 0.2) is 53.3 Å². The Kier molecular flexibility index (Phi) is 5.96. The molecule has 180 valence electrons. The standard InChI is InChI=1S/C27H26F2N4O2/c1-15-12-20(32-31-15)14-33-16(2)23(21-10-5-11-22(29)24(21)27(33)35)26(34)30-25(17-6-3-7-17)18-8-4-9-19(28)13-18/h4-5,8-13,17,25H,3,6-7,14H2,1-2H3,(H,30,34)(H,31,32)/t25-/m0/s1. The third-order valence-electron chi connectivity index (χ3n) is 6.94. The molecule has 2 aromatic carbocycles. The molecule has 0 bridgehead atoms. The van der Waals surface area contributed by atoms with Crippen LogP contribution in [0.1, 0.15) is 58.3 Å². The van der Waals surface area contributed by atoms with Gasteiger partial charge in [-0.05, 0) is 62.4 Å². The van der Waals surface area contributed by atoms with Crippen LogP contribution in [0.5, 0.6) is 0 Å². The maximum atomic E-state index is 14.9. The Morgan fingerprint density at radius 2 is 1.94 bits per heavy atom. The molecule has 2 N–H and O–H groups in total. The molecule has 0 saturated heterocycles. The van der Waals surface area contributed by atoms with Crippen molar-refractivity contribution < 1.29 is 13.6 Å². The Balaban J connectivity index is 1.62. The number of hydrogen-bond donors (Lipinski definition) is 2. The molecule has 35 heavy (non-hydrogen) atoms. The summed E-state index contributed by atoms with van der Waals surface area (Å²) in [6.45, 7) is 3.62. The van der Waals surface area contributed by atoms with E-state index in [0.29, 0.717) is 17.0 Å². The van der Waals surface area contributed by atoms with E-state index >= 15 is 0 Å². The van der Waals surface area contributed by atoms with Crippen molar-refractivity contribution >= 4 is 16.7 Å². The molecule has 0 aliphatic heterocycles. The fourth-order valence-corrected chi connectivity index (χ4v) is 4.93. The summed E-state index contributed by atoms with van der Waals surface area (Å²) in [7, 11) is 0. The Bertz CT molecular complexity index is 1490. The van der Waals surface area contributed by atoms with Gasteiger partial charge in [0, 0.05) is 11.1 Å². The van der Waals surface area contributed by atoms with Gasteiger partial charge < -0.3 is 9.88 Å². The van der Waals surface area contributed by atoms with Crippen molar-refractivity contribution in [1.82, 2.24) is 20.1 Å². The first-order valence-corrected chi connectivity index (χ1v) is 11.7. The van der Waals surface area contributed by atoms with Crippen LogP contribution in [-0.2, 0) is 6.54 Å². The number of amides is 1. The lowest BCUT2D eigenvalue weighted by Gasteiger charge is -2.35. The number of fused-ring (bicyclic) bond motifs is 1. The van der Waals surface area contributed by atoms with Crippen LogP contribution in [0.2, 0.25) is 0 Å². The molecule has 1 saturated carbocycles. The molecule has 6 nitrogen and oxygen atoms in total. The lowest BCUT2D eigenvalue weighted by Crippen LogP contribution is -2.38. The zero-order valence-corrected chi connectivity index (χ0v) is 19.6. The number of nitrogens with zero attached hydrogens (tertiary/aromatic N) is 2. The summed E-state index contributed by atoms with van der Waals surface area (Å²) in [5.41, 5.74) is 2.26. The SMILES string of the molecule is Cc1cc(Cn2c(C)c(C(=O)N[C@H](c3cccc(F)c3)C3CCC3)c3cccc(F)c3c2=O)[nH]n1. The van der Waals surface area contributed by atoms with E-state index in [1.165, 1.54) is 28.8 Å². The summed E-state index contributed by atoms with van der Waals surface area (Å²) in [5, 5.41) is 10.2. The number of nitrogens with one attached hydrogen (secondary N) is 2. The number of aromatic nitrogens is 3. The van der Waals surface area contributed by atoms with E-state index in [1.807, 2.05) is 6.92 Å². The molecule has 0 spiro atoms. The maximum absolute atomic E-state index is 14.9. The summed E-state index contributed by atoms with van der Waals surface area (Å²) < 4.78 is 30.3. The highest BCUT2D eigenvalue weighted by Gasteiger charge is 2.31. The first-order chi connectivity index (χ1) is 16.8. The van der Waals surface area contributed by atoms with Crippen molar-refractivity contribution in [2.75, 3.05) is 0 Å². The third kappa shape index (κ3) is 4.24. The van der Waals surface area contributed by atoms with Crippen molar-refractivity contribution in [2.24, 2.45) is 5.92 Å². The zero-order chi connectivity index (χ0) is 24.7. The normalized spacial score (nSPS) is 14.6. The Hall–Kier alpha value is -3.81. The van der Waals surface area contributed by atoms with Gasteiger partial charge >= 0.3 is 0 Å². The highest BCUT2D eigenvalue weighted by molar-refractivity contribution is 6.08. The quantitative estimate of drug-likeness (QED) is 0.414. The molecule has 1 aliphatic carbocycles. The van der Waals surface area contributed by atoms with Gasteiger partial charge in [0.2, 0.25) is 0 Å². The number of carbonyl (C=O) groups excluding carboxylic acids is 1. The zero-order valence-electron chi connectivity index (χ0n) is 19.6. The Labute approximate surface area is 201 Å². The van der Waals surface area contributed by atoms with E-state index < -0.39 is 17.3 Å². The van der Waals surface area contributed by atoms with Gasteiger partial charge in [0.15, 0.2) is 0 Å². The van der Waals surface area contributed by atoms with Gasteiger partial charge in [-0.15, -0.1) is 0 Å². The van der Waals surface area contributed by atoms with Gasteiger partial charge in [0.25, 0.3) is 11.5 Å². The van der Waals surface area contributed by atoms with E-state index in [2.05, 4.69) is 15.5 Å². The second kappa shape index (κ2) is 9.09. The molecule has 0 unspecified atom stereocenters. The van der Waals surface area contributed by atoms with E-state index in [9.17, 15) is 18.4 Å². The van der Waals surface area contributed by atoms with E-state index in [-0.39, 0.29) is 40.7 Å². The number of pyridine rings is 1. The van der Waals surface area contributed by atoms with Crippen LogP contribution < -0.4 is 10.9 Å². The number of rotatable bonds is 6. The van der Waals surface area contributed by atoms with Crippen molar-refractivity contribution in [3.05, 3.63) is 98.7 Å². The maximum Gasteiger partial charge on any atom is 0.262 e. The van der Waals surface area contributed by atoms with Crippen molar-refractivity contribution in [2.45, 2.75) is 45.7 Å². The number of carbonyl (C=O) groups is 1. The fourth-order valence-electron chi connectivity index (χ4n) is 4.93. The second-order valence-electron chi connectivity index (χ2n) is 9.25. The summed E-state index contributed by atoms with van der Waals surface area (Å²) in [6.07, 6.45) is 2.90. The molecule has 1 amide bonds. The lowest BCUT2D eigenvalue weighted by molar-refractivity contribution is 0.0900. The monoisotopic (exact) mass is 476 g/mol. The predicted octanol–water partition coefficient (Wildman–Crippen LogP) is 4.94. The summed E-state index contributed by atoms with van der Waals surface area (Å²) in [5.74, 6) is -1.29. The average molecular weight is 477 g/mol. The molecule has 4 aromatic rings. The van der Waals surface area contributed by atoms with Crippen LogP contribution in [-0.4, -0.2) is 20.7 Å². The van der Waals surface area contributed by atoms with Gasteiger partial charge in [-0.1, -0.05) is 30.7 Å². The highest BCUT2D eigenvalue weighted by atomic mass is 19.1. The molecule has 1 aliphatic rings. The van der Waals surface area contributed by atoms with Crippen molar-refractivity contribution in [3.63, 3.8) is 0 Å². The topological polar surface area (TPSA) is 79.8 Å². The molecule has 1 atom stereocenters. The first-order valence-electron chi connectivity index (χ1n) is 11.7. The number of halogens is 2. The van der Waals surface area contributed by atoms with Crippen molar-refractivity contribution in [3.8, 4) is 0 Å². The minimum Gasteiger partial charge on any atom is -0.345 e. The van der Waals surface area contributed by atoms with Crippen LogP contribution in [0, 0.1) is 31.4 Å². The fraction of sp³-hybridized carbons (Fsp3) is 0.296. The smallest absolute Gasteiger partial charge is 0.262 e. The molecule has 1 fully saturated rings. The molecular formula is C27H26F2N4O2. The molecule has 5 rings (SSSR count). The number of aryl methyl sites for hydroxylation is 1. The molecular weight excluding hydrogens is 450 g/mol. The van der Waals surface area contributed by atoms with E-state index in [4.69, 9.17) is 0 Å². The summed E-state index contributed by atoms with van der Waals surface area (Å²) >= 11 is 0. The highest BCUT2D eigenvalue weighted by Crippen LogP contribution is 2.38. The largest absolute Gasteiger partial charge is 0.345 e. The molecule has 2 heterocycles. The first kappa shape index (κ1) is 23.0. The molecule has 8 heteroatoms. The number of benzene rings is 2. The second-order valence-corrected chi connectivity index (χ2v) is 9.25. The molecule has 0 radical (unpaired) electrons. The number of aromatic amines is 1. The van der Waals surface area contributed by atoms with Crippen LogP contribution in [0.3, 0.4) is 0 Å².